The van der Waals surface area contributed by atoms with Crippen LogP contribution in [0.4, 0.5) is 0 Å². The molecule has 1 N–H and O–H groups in total. The molecule has 0 saturated heterocycles. The zero-order valence-electron chi connectivity index (χ0n) is 17.8. The molecule has 0 aliphatic rings. The minimum atomic E-state index is -0.166. The van der Waals surface area contributed by atoms with Crippen molar-refractivity contribution in [3.63, 3.8) is 0 Å². The van der Waals surface area contributed by atoms with Gasteiger partial charge in [-0.05, 0) is 53.9 Å². The maximum atomic E-state index is 12.0. The van der Waals surface area contributed by atoms with Crippen molar-refractivity contribution < 1.29 is 14.3 Å². The maximum Gasteiger partial charge on any atom is 0.250 e. The Morgan fingerprint density at radius 3 is 2.59 bits per heavy atom. The Kier molecular flexibility index (Phi) is 9.47. The van der Waals surface area contributed by atoms with E-state index in [1.165, 1.54) is 11.8 Å². The van der Waals surface area contributed by atoms with Crippen molar-refractivity contribution >= 4 is 35.5 Å². The fraction of sp³-hybridized carbons (Fsp3) is 0.200. The number of carbonyl (C=O) groups is 1. The second-order valence-electron chi connectivity index (χ2n) is 6.83. The predicted octanol–water partition coefficient (Wildman–Crippen LogP) is 5.70. The van der Waals surface area contributed by atoms with Crippen LogP contribution in [-0.2, 0) is 17.2 Å². The number of ether oxygens (including phenoxy) is 2. The van der Waals surface area contributed by atoms with Gasteiger partial charge < -0.3 is 9.47 Å². The summed E-state index contributed by atoms with van der Waals surface area (Å²) in [5, 5.41) is 4.74. The van der Waals surface area contributed by atoms with Gasteiger partial charge in [0.15, 0.2) is 11.5 Å². The summed E-state index contributed by atoms with van der Waals surface area (Å²) in [6.45, 7) is 2.89. The van der Waals surface area contributed by atoms with Gasteiger partial charge >= 0.3 is 0 Å². The molecule has 3 rings (SSSR count). The van der Waals surface area contributed by atoms with E-state index in [0.717, 1.165) is 16.7 Å². The van der Waals surface area contributed by atoms with E-state index in [-0.39, 0.29) is 5.91 Å². The summed E-state index contributed by atoms with van der Waals surface area (Å²) in [4.78, 5) is 12.0. The summed E-state index contributed by atoms with van der Waals surface area (Å²) >= 11 is 7.48. The van der Waals surface area contributed by atoms with E-state index in [1.54, 1.807) is 6.21 Å². The first-order valence-corrected chi connectivity index (χ1v) is 11.7. The fourth-order valence-corrected chi connectivity index (χ4v) is 3.81. The van der Waals surface area contributed by atoms with Gasteiger partial charge in [-0.1, -0.05) is 54.1 Å². The SMILES string of the molecule is CCOc1cc(/C=N/NC(=O)CSCc2cccc(Cl)c2)ccc1OCc1ccccc1. The number of nitrogens with zero attached hydrogens (tertiary/aromatic N) is 1. The Bertz CT molecular complexity index is 1040. The van der Waals surface area contributed by atoms with Gasteiger partial charge in [0.05, 0.1) is 18.6 Å². The van der Waals surface area contributed by atoms with Crippen LogP contribution in [0.2, 0.25) is 5.02 Å². The Balaban J connectivity index is 1.49. The number of rotatable bonds is 11. The van der Waals surface area contributed by atoms with Gasteiger partial charge in [-0.25, -0.2) is 5.43 Å². The van der Waals surface area contributed by atoms with Gasteiger partial charge in [-0.3, -0.25) is 4.79 Å². The zero-order chi connectivity index (χ0) is 22.6. The van der Waals surface area contributed by atoms with Gasteiger partial charge in [0.2, 0.25) is 5.91 Å². The van der Waals surface area contributed by atoms with Crippen molar-refractivity contribution in [2.24, 2.45) is 5.10 Å². The predicted molar refractivity (Wildman–Crippen MR) is 132 cm³/mol. The van der Waals surface area contributed by atoms with Crippen LogP contribution in [0.3, 0.4) is 0 Å². The molecule has 5 nitrogen and oxygen atoms in total. The summed E-state index contributed by atoms with van der Waals surface area (Å²) in [5.74, 6) is 2.14. The van der Waals surface area contributed by atoms with Crippen LogP contribution in [0.25, 0.3) is 0 Å². The summed E-state index contributed by atoms with van der Waals surface area (Å²) in [6.07, 6.45) is 1.59. The Morgan fingerprint density at radius 1 is 1.00 bits per heavy atom. The molecule has 0 heterocycles. The van der Waals surface area contributed by atoms with Crippen molar-refractivity contribution in [1.29, 1.82) is 0 Å². The van der Waals surface area contributed by atoms with E-state index >= 15 is 0 Å². The molecule has 0 unspecified atom stereocenters. The molecule has 0 aromatic heterocycles. The number of thioether (sulfide) groups is 1. The molecule has 0 bridgehead atoms. The molecular weight excluding hydrogens is 444 g/mol. The highest BCUT2D eigenvalue weighted by atomic mass is 35.5. The molecule has 0 fully saturated rings. The quantitative estimate of drug-likeness (QED) is 0.289. The van der Waals surface area contributed by atoms with E-state index in [1.807, 2.05) is 79.7 Å². The maximum absolute atomic E-state index is 12.0. The molecule has 0 aliphatic heterocycles. The minimum absolute atomic E-state index is 0.166. The number of hydrogen-bond acceptors (Lipinski definition) is 5. The van der Waals surface area contributed by atoms with Gasteiger partial charge in [-0.15, -0.1) is 11.8 Å². The lowest BCUT2D eigenvalue weighted by Gasteiger charge is -2.12. The lowest BCUT2D eigenvalue weighted by Crippen LogP contribution is -2.19. The standard InChI is InChI=1S/C25H25ClN2O3S/c1-2-30-24-14-20(11-12-23(24)31-16-19-7-4-3-5-8-19)15-27-28-25(29)18-32-17-21-9-6-10-22(26)13-21/h3-15H,2,16-18H2,1H3,(H,28,29)/b27-15+. The molecule has 3 aromatic rings. The highest BCUT2D eigenvalue weighted by Crippen LogP contribution is 2.29. The average Bonchev–Trinajstić information content (AvgIpc) is 2.79. The largest absolute Gasteiger partial charge is 0.490 e. The molecule has 166 valence electrons. The molecule has 0 saturated carbocycles. The monoisotopic (exact) mass is 468 g/mol. The topological polar surface area (TPSA) is 59.9 Å². The first kappa shape index (κ1) is 23.7. The molecule has 0 atom stereocenters. The van der Waals surface area contributed by atoms with Gasteiger partial charge in [-0.2, -0.15) is 5.10 Å². The number of halogens is 1. The van der Waals surface area contributed by atoms with Crippen LogP contribution in [-0.4, -0.2) is 24.5 Å². The highest BCUT2D eigenvalue weighted by Gasteiger charge is 2.07. The number of nitrogens with one attached hydrogen (secondary N) is 1. The number of hydrogen-bond donors (Lipinski definition) is 1. The molecule has 0 radical (unpaired) electrons. The third-order valence-corrected chi connectivity index (χ3v) is 5.54. The average molecular weight is 469 g/mol. The van der Waals surface area contributed by atoms with Crippen molar-refractivity contribution in [2.75, 3.05) is 12.4 Å². The highest BCUT2D eigenvalue weighted by molar-refractivity contribution is 7.99. The van der Waals surface area contributed by atoms with Crippen molar-refractivity contribution in [2.45, 2.75) is 19.3 Å². The molecule has 0 aliphatic carbocycles. The van der Waals surface area contributed by atoms with E-state index in [2.05, 4.69) is 10.5 Å². The number of hydrazone groups is 1. The van der Waals surface area contributed by atoms with Crippen molar-refractivity contribution in [3.05, 3.63) is 94.5 Å². The van der Waals surface area contributed by atoms with Crippen LogP contribution in [0.5, 0.6) is 11.5 Å². The van der Waals surface area contributed by atoms with Gasteiger partial charge in [0.1, 0.15) is 6.61 Å². The Hall–Kier alpha value is -2.96. The smallest absolute Gasteiger partial charge is 0.250 e. The van der Waals surface area contributed by atoms with Gasteiger partial charge in [0.25, 0.3) is 0 Å². The van der Waals surface area contributed by atoms with E-state index in [9.17, 15) is 4.79 Å². The fourth-order valence-electron chi connectivity index (χ4n) is 2.83. The first-order valence-electron chi connectivity index (χ1n) is 10.2. The second kappa shape index (κ2) is 12.8. The molecular formula is C25H25ClN2O3S. The molecule has 7 heteroatoms. The lowest BCUT2D eigenvalue weighted by atomic mass is 10.2. The molecule has 3 aromatic carbocycles. The number of amides is 1. The summed E-state index contributed by atoms with van der Waals surface area (Å²) in [5.41, 5.74) is 5.51. The minimum Gasteiger partial charge on any atom is -0.490 e. The number of carbonyl (C=O) groups excluding carboxylic acids is 1. The van der Waals surface area contributed by atoms with Crippen LogP contribution in [0.15, 0.2) is 77.9 Å². The molecule has 32 heavy (non-hydrogen) atoms. The van der Waals surface area contributed by atoms with Crippen LogP contribution < -0.4 is 14.9 Å². The summed E-state index contributed by atoms with van der Waals surface area (Å²) < 4.78 is 11.6. The second-order valence-corrected chi connectivity index (χ2v) is 8.25. The van der Waals surface area contributed by atoms with E-state index in [4.69, 9.17) is 21.1 Å². The Morgan fingerprint density at radius 2 is 1.81 bits per heavy atom. The van der Waals surface area contributed by atoms with E-state index < -0.39 is 0 Å². The zero-order valence-corrected chi connectivity index (χ0v) is 19.4. The van der Waals surface area contributed by atoms with Crippen LogP contribution in [0, 0.1) is 0 Å². The molecule has 0 spiro atoms. The first-order chi connectivity index (χ1) is 15.6. The van der Waals surface area contributed by atoms with Crippen molar-refractivity contribution in [1.82, 2.24) is 5.43 Å². The summed E-state index contributed by atoms with van der Waals surface area (Å²) in [7, 11) is 0. The number of benzene rings is 3. The Labute approximate surface area is 197 Å². The van der Waals surface area contributed by atoms with Crippen molar-refractivity contribution in [3.8, 4) is 11.5 Å². The summed E-state index contributed by atoms with van der Waals surface area (Å²) in [6, 6.07) is 23.1. The van der Waals surface area contributed by atoms with Crippen LogP contribution in [0.1, 0.15) is 23.6 Å². The van der Waals surface area contributed by atoms with Gasteiger partial charge in [0, 0.05) is 10.8 Å². The third-order valence-electron chi connectivity index (χ3n) is 4.30. The van der Waals surface area contributed by atoms with Crippen LogP contribution >= 0.6 is 23.4 Å². The lowest BCUT2D eigenvalue weighted by molar-refractivity contribution is -0.118. The molecule has 1 amide bonds. The third kappa shape index (κ3) is 7.94. The van der Waals surface area contributed by atoms with E-state index in [0.29, 0.717) is 41.2 Å². The normalized spacial score (nSPS) is 10.8.